The number of carboxylic acid groups (broad SMARTS) is 1. The molecule has 0 aliphatic rings. The van der Waals surface area contributed by atoms with E-state index in [0.29, 0.717) is 0 Å². The smallest absolute Gasteiger partial charge is 0.315 e. The van der Waals surface area contributed by atoms with E-state index in [9.17, 15) is 9.90 Å². The minimum absolute atomic E-state index is 0.500. The Morgan fingerprint density at radius 1 is 1.00 bits per heavy atom. The maximum atomic E-state index is 11.6. The van der Waals surface area contributed by atoms with Crippen molar-refractivity contribution < 1.29 is 9.90 Å². The summed E-state index contributed by atoms with van der Waals surface area (Å²) in [6, 6.07) is 19.8. The van der Waals surface area contributed by atoms with E-state index >= 15 is 0 Å². The van der Waals surface area contributed by atoms with Gasteiger partial charge in [-0.2, -0.15) is 0 Å². The molecule has 0 heterocycles. The van der Waals surface area contributed by atoms with Gasteiger partial charge in [-0.1, -0.05) is 72.8 Å². The zero-order valence-corrected chi connectivity index (χ0v) is 12.2. The molecular weight excluding hydrogens is 267 g/mol. The van der Waals surface area contributed by atoms with Gasteiger partial charge in [0.1, 0.15) is 5.66 Å². The third-order valence-corrected chi connectivity index (χ3v) is 5.63. The van der Waals surface area contributed by atoms with E-state index in [0.717, 1.165) is 10.6 Å². The van der Waals surface area contributed by atoms with Crippen molar-refractivity contribution in [2.45, 2.75) is 12.6 Å². The third-order valence-electron chi connectivity index (χ3n) is 2.97. The summed E-state index contributed by atoms with van der Waals surface area (Å²) in [5.41, 5.74) is -0.500. The van der Waals surface area contributed by atoms with E-state index in [-0.39, 0.29) is 0 Å². The van der Waals surface area contributed by atoms with Crippen molar-refractivity contribution in [2.75, 3.05) is 0 Å². The van der Waals surface area contributed by atoms with Crippen molar-refractivity contribution in [3.8, 4) is 0 Å². The first-order valence-corrected chi connectivity index (χ1v) is 7.90. The van der Waals surface area contributed by atoms with Crippen LogP contribution in [0.15, 0.2) is 72.8 Å². The molecule has 0 aliphatic carbocycles. The van der Waals surface area contributed by atoms with Crippen LogP contribution in [0, 0.1) is 0 Å². The van der Waals surface area contributed by atoms with Gasteiger partial charge < -0.3 is 5.11 Å². The second-order valence-electron chi connectivity index (χ2n) is 4.35. The van der Waals surface area contributed by atoms with Crippen LogP contribution >= 0.6 is 7.92 Å². The van der Waals surface area contributed by atoms with Gasteiger partial charge in [0.15, 0.2) is 0 Å². The van der Waals surface area contributed by atoms with Crippen molar-refractivity contribution >= 4 is 24.5 Å². The first-order valence-electron chi connectivity index (χ1n) is 6.49. The van der Waals surface area contributed by atoms with Crippen molar-refractivity contribution in [2.24, 2.45) is 0 Å². The van der Waals surface area contributed by atoms with E-state index < -0.39 is 19.5 Å². The number of carboxylic acids is 1. The molecule has 1 atom stereocenters. The Morgan fingerprint density at radius 2 is 1.45 bits per heavy atom. The van der Waals surface area contributed by atoms with Gasteiger partial charge >= 0.3 is 5.97 Å². The largest absolute Gasteiger partial charge is 0.481 e. The lowest BCUT2D eigenvalue weighted by Gasteiger charge is -2.23. The minimum Gasteiger partial charge on any atom is -0.481 e. The first kappa shape index (κ1) is 14.5. The first-order chi connectivity index (χ1) is 9.74. The highest BCUT2D eigenvalue weighted by Crippen LogP contribution is 2.40. The van der Waals surface area contributed by atoms with E-state index in [4.69, 9.17) is 0 Å². The second kappa shape index (κ2) is 7.02. The predicted molar refractivity (Wildman–Crippen MR) is 85.3 cm³/mol. The van der Waals surface area contributed by atoms with Gasteiger partial charge in [-0.25, -0.2) is 0 Å². The SMILES string of the molecule is CC=CC(C(=O)O)P(c1ccccc1)c1ccccc1. The van der Waals surface area contributed by atoms with Crippen LogP contribution in [-0.2, 0) is 4.79 Å². The molecule has 0 spiro atoms. The molecule has 0 bridgehead atoms. The van der Waals surface area contributed by atoms with E-state index in [1.165, 1.54) is 0 Å². The molecule has 0 radical (unpaired) electrons. The summed E-state index contributed by atoms with van der Waals surface area (Å²) in [5, 5.41) is 11.7. The topological polar surface area (TPSA) is 37.3 Å². The van der Waals surface area contributed by atoms with Crippen molar-refractivity contribution in [3.63, 3.8) is 0 Å². The molecule has 0 saturated carbocycles. The van der Waals surface area contributed by atoms with Crippen LogP contribution in [0.3, 0.4) is 0 Å². The third kappa shape index (κ3) is 3.34. The molecule has 2 rings (SSSR count). The van der Waals surface area contributed by atoms with E-state index in [1.54, 1.807) is 6.08 Å². The molecule has 0 aromatic heterocycles. The van der Waals surface area contributed by atoms with Crippen LogP contribution < -0.4 is 10.6 Å². The summed E-state index contributed by atoms with van der Waals surface area (Å²) in [4.78, 5) is 11.6. The number of carbonyl (C=O) groups is 1. The Kier molecular flexibility index (Phi) is 5.09. The maximum absolute atomic E-state index is 11.6. The Labute approximate surface area is 120 Å². The van der Waals surface area contributed by atoms with Crippen LogP contribution in [-0.4, -0.2) is 16.7 Å². The Bertz CT molecular complexity index is 539. The van der Waals surface area contributed by atoms with Gasteiger partial charge in [0.05, 0.1) is 0 Å². The number of rotatable bonds is 5. The summed E-state index contributed by atoms with van der Waals surface area (Å²) >= 11 is 0. The fraction of sp³-hybridized carbons (Fsp3) is 0.118. The lowest BCUT2D eigenvalue weighted by Crippen LogP contribution is -2.26. The molecule has 3 heteroatoms. The minimum atomic E-state index is -0.946. The number of benzene rings is 2. The Hall–Kier alpha value is -1.92. The number of hydrogen-bond donors (Lipinski definition) is 1. The monoisotopic (exact) mass is 284 g/mol. The maximum Gasteiger partial charge on any atom is 0.315 e. The van der Waals surface area contributed by atoms with Crippen molar-refractivity contribution in [1.29, 1.82) is 0 Å². The highest BCUT2D eigenvalue weighted by atomic mass is 31.1. The number of aliphatic carboxylic acids is 1. The second-order valence-corrected chi connectivity index (χ2v) is 6.68. The number of allylic oxidation sites excluding steroid dienone is 1. The molecule has 0 saturated heterocycles. The predicted octanol–water partition coefficient (Wildman–Crippen LogP) is 3.15. The summed E-state index contributed by atoms with van der Waals surface area (Å²) in [5.74, 6) is -0.776. The summed E-state index contributed by atoms with van der Waals surface area (Å²) < 4.78 is 0. The standard InChI is InChI=1S/C17H17O2P/c1-2-9-16(17(18)19)20(14-10-5-3-6-11-14)15-12-7-4-8-13-15/h2-13,16H,1H3,(H,18,19). The van der Waals surface area contributed by atoms with Gasteiger partial charge in [0, 0.05) is 0 Å². The lowest BCUT2D eigenvalue weighted by molar-refractivity contribution is -0.135. The molecule has 0 amide bonds. The molecule has 0 aliphatic heterocycles. The normalized spacial score (nSPS) is 12.7. The quantitative estimate of drug-likeness (QED) is 0.676. The molecular formula is C17H17O2P. The fourth-order valence-electron chi connectivity index (χ4n) is 2.11. The van der Waals surface area contributed by atoms with Crippen LogP contribution in [0.5, 0.6) is 0 Å². The molecule has 1 unspecified atom stereocenters. The molecule has 102 valence electrons. The van der Waals surface area contributed by atoms with Crippen LogP contribution in [0.2, 0.25) is 0 Å². The molecule has 20 heavy (non-hydrogen) atoms. The van der Waals surface area contributed by atoms with Crippen LogP contribution in [0.4, 0.5) is 0 Å². The zero-order valence-electron chi connectivity index (χ0n) is 11.3. The highest BCUT2D eigenvalue weighted by molar-refractivity contribution is 7.74. The summed E-state index contributed by atoms with van der Waals surface area (Å²) in [7, 11) is -0.946. The fourth-order valence-corrected chi connectivity index (χ4v) is 4.60. The lowest BCUT2D eigenvalue weighted by atomic mass is 10.3. The highest BCUT2D eigenvalue weighted by Gasteiger charge is 2.27. The zero-order chi connectivity index (χ0) is 14.4. The van der Waals surface area contributed by atoms with Gasteiger partial charge in [0.2, 0.25) is 0 Å². The van der Waals surface area contributed by atoms with E-state index in [1.807, 2.05) is 73.7 Å². The van der Waals surface area contributed by atoms with Gasteiger partial charge in [-0.05, 0) is 25.5 Å². The Balaban J connectivity index is 2.52. The van der Waals surface area contributed by atoms with Crippen molar-refractivity contribution in [3.05, 3.63) is 72.8 Å². The molecule has 0 fully saturated rings. The van der Waals surface area contributed by atoms with Crippen LogP contribution in [0.25, 0.3) is 0 Å². The molecule has 2 aromatic rings. The van der Waals surface area contributed by atoms with Crippen LogP contribution in [0.1, 0.15) is 6.92 Å². The average Bonchev–Trinajstić information content (AvgIpc) is 2.49. The van der Waals surface area contributed by atoms with Gasteiger partial charge in [0.25, 0.3) is 0 Å². The molecule has 1 N–H and O–H groups in total. The van der Waals surface area contributed by atoms with E-state index in [2.05, 4.69) is 0 Å². The van der Waals surface area contributed by atoms with Gasteiger partial charge in [-0.3, -0.25) is 4.79 Å². The number of hydrogen-bond acceptors (Lipinski definition) is 1. The molecule has 2 aromatic carbocycles. The van der Waals surface area contributed by atoms with Gasteiger partial charge in [-0.15, -0.1) is 0 Å². The van der Waals surface area contributed by atoms with Crippen molar-refractivity contribution in [1.82, 2.24) is 0 Å². The Morgan fingerprint density at radius 3 is 1.80 bits per heavy atom. The molecule has 2 nitrogen and oxygen atoms in total. The summed E-state index contributed by atoms with van der Waals surface area (Å²) in [6.45, 7) is 1.86. The average molecular weight is 284 g/mol. The summed E-state index contributed by atoms with van der Waals surface area (Å²) in [6.07, 6.45) is 3.61.